The van der Waals surface area contributed by atoms with Crippen molar-refractivity contribution >= 4 is 50.2 Å². The summed E-state index contributed by atoms with van der Waals surface area (Å²) in [5.41, 5.74) is -2.15. The van der Waals surface area contributed by atoms with Crippen molar-refractivity contribution in [3.8, 4) is 5.75 Å². The molecule has 28 heavy (non-hydrogen) atoms. The minimum atomic E-state index is -4.17. The van der Waals surface area contributed by atoms with Crippen LogP contribution >= 0.6 is 34.5 Å². The van der Waals surface area contributed by atoms with Crippen LogP contribution in [0, 0.1) is 12.4 Å². The Kier molecular flexibility index (Phi) is 5.84. The summed E-state index contributed by atoms with van der Waals surface area (Å²) >= 11 is 12.2. The molecule has 2 heterocycles. The number of halogens is 3. The largest absolute Gasteiger partial charge is 0.486 e. The van der Waals surface area contributed by atoms with E-state index in [1.807, 2.05) is 0 Å². The normalized spacial score (nSPS) is 22.9. The number of thiazole rings is 1. The molecule has 0 amide bonds. The molecule has 13 heteroatoms. The van der Waals surface area contributed by atoms with Crippen molar-refractivity contribution in [1.82, 2.24) is 9.29 Å². The van der Waals surface area contributed by atoms with Crippen LogP contribution in [-0.2, 0) is 10.0 Å². The number of aromatic nitrogens is 1. The Hall–Kier alpha value is -1.52. The standard InChI is InChI=1S/C15H12Cl2FN3O5S2/c1-19-10-3-2-8(4-9(10)18)26-11-5-21(6-15(11,23)7-22)28(24,25)13-12(16)20-14(17)27-13/h2-4,11,22-23H,5-7H2/t11-,15+/m0/s1. The van der Waals surface area contributed by atoms with Gasteiger partial charge in [0.1, 0.15) is 23.3 Å². The molecule has 0 aliphatic carbocycles. The molecule has 150 valence electrons. The fourth-order valence-corrected chi connectivity index (χ4v) is 6.32. The van der Waals surface area contributed by atoms with E-state index in [1.165, 1.54) is 12.1 Å². The quantitative estimate of drug-likeness (QED) is 0.653. The maximum absolute atomic E-state index is 13.8. The third-order valence-electron chi connectivity index (χ3n) is 4.12. The number of ether oxygens (including phenoxy) is 1. The monoisotopic (exact) mass is 467 g/mol. The molecule has 0 bridgehead atoms. The molecule has 3 rings (SSSR count). The number of aliphatic hydroxyl groups is 2. The number of hydrogen-bond donors (Lipinski definition) is 2. The first kappa shape index (κ1) is 21.2. The molecule has 1 fully saturated rings. The molecule has 1 saturated heterocycles. The van der Waals surface area contributed by atoms with Crippen molar-refractivity contribution < 1.29 is 27.8 Å². The van der Waals surface area contributed by atoms with Gasteiger partial charge in [0.15, 0.2) is 13.8 Å². The molecule has 0 radical (unpaired) electrons. The number of β-amino-alcohol motifs (C(OH)–C–C–N with tert-alkyl or cyclic N) is 1. The van der Waals surface area contributed by atoms with Gasteiger partial charge in [-0.15, -0.1) is 0 Å². The maximum Gasteiger partial charge on any atom is 0.256 e. The summed E-state index contributed by atoms with van der Waals surface area (Å²) in [6.45, 7) is 5.22. The smallest absolute Gasteiger partial charge is 0.256 e. The molecule has 2 aromatic rings. The van der Waals surface area contributed by atoms with E-state index in [0.717, 1.165) is 10.4 Å². The SMILES string of the molecule is [C-]#[N+]c1ccc(O[C@H]2CN(S(=O)(=O)c3sc(Cl)nc3Cl)C[C@@]2(O)CO)cc1F. The van der Waals surface area contributed by atoms with Crippen LogP contribution in [0.4, 0.5) is 10.1 Å². The number of rotatable bonds is 5. The number of aliphatic hydroxyl groups excluding tert-OH is 1. The average Bonchev–Trinajstić information content (AvgIpc) is 3.16. The zero-order valence-electron chi connectivity index (χ0n) is 13.8. The predicted molar refractivity (Wildman–Crippen MR) is 100 cm³/mol. The molecular formula is C15H12Cl2FN3O5S2. The topological polar surface area (TPSA) is 104 Å². The lowest BCUT2D eigenvalue weighted by Gasteiger charge is -2.27. The highest BCUT2D eigenvalue weighted by atomic mass is 35.5. The minimum absolute atomic E-state index is 0.0279. The fraction of sp³-hybridized carbons (Fsp3) is 0.333. The van der Waals surface area contributed by atoms with Crippen molar-refractivity contribution in [2.75, 3.05) is 19.7 Å². The zero-order chi connectivity index (χ0) is 20.7. The summed E-state index contributed by atoms with van der Waals surface area (Å²) in [5.74, 6) is -0.853. The third kappa shape index (κ3) is 3.81. The third-order valence-corrected chi connectivity index (χ3v) is 8.07. The highest BCUT2D eigenvalue weighted by Gasteiger charge is 2.51. The summed E-state index contributed by atoms with van der Waals surface area (Å²) in [6.07, 6.45) is -1.20. The molecule has 2 N–H and O–H groups in total. The van der Waals surface area contributed by atoms with Gasteiger partial charge in [-0.2, -0.15) is 4.31 Å². The number of hydrogen-bond acceptors (Lipinski definition) is 7. The summed E-state index contributed by atoms with van der Waals surface area (Å²) in [5, 5.41) is 20.0. The lowest BCUT2D eigenvalue weighted by atomic mass is 10.0. The van der Waals surface area contributed by atoms with Crippen molar-refractivity contribution in [2.24, 2.45) is 0 Å². The Balaban J connectivity index is 1.88. The minimum Gasteiger partial charge on any atom is -0.486 e. The molecule has 1 aliphatic rings. The molecule has 0 unspecified atom stereocenters. The van der Waals surface area contributed by atoms with Crippen LogP contribution in [0.2, 0.25) is 9.62 Å². The second-order valence-electron chi connectivity index (χ2n) is 5.94. The van der Waals surface area contributed by atoms with E-state index in [4.69, 9.17) is 34.5 Å². The van der Waals surface area contributed by atoms with Crippen LogP contribution in [0.15, 0.2) is 22.4 Å². The van der Waals surface area contributed by atoms with E-state index in [1.54, 1.807) is 0 Å². The molecule has 8 nitrogen and oxygen atoms in total. The summed E-state index contributed by atoms with van der Waals surface area (Å²) in [6, 6.07) is 3.45. The Morgan fingerprint density at radius 3 is 2.75 bits per heavy atom. The summed E-state index contributed by atoms with van der Waals surface area (Å²) in [7, 11) is -4.17. The van der Waals surface area contributed by atoms with Gasteiger partial charge < -0.3 is 14.9 Å². The maximum atomic E-state index is 13.8. The van der Waals surface area contributed by atoms with Crippen LogP contribution < -0.4 is 4.74 Å². The molecule has 1 aromatic carbocycles. The summed E-state index contributed by atoms with van der Waals surface area (Å²) < 4.78 is 45.5. The first-order valence-corrected chi connectivity index (χ1v) is 10.6. The van der Waals surface area contributed by atoms with E-state index in [2.05, 4.69) is 9.83 Å². The number of nitrogens with zero attached hydrogens (tertiary/aromatic N) is 3. The first-order valence-electron chi connectivity index (χ1n) is 7.59. The molecule has 1 aromatic heterocycles. The predicted octanol–water partition coefficient (Wildman–Crippen LogP) is 2.32. The van der Waals surface area contributed by atoms with Crippen molar-refractivity contribution in [3.63, 3.8) is 0 Å². The second kappa shape index (κ2) is 7.72. The molecule has 2 atom stereocenters. The van der Waals surface area contributed by atoms with E-state index >= 15 is 0 Å². The summed E-state index contributed by atoms with van der Waals surface area (Å²) in [4.78, 5) is 6.64. The van der Waals surface area contributed by atoms with Gasteiger partial charge in [0.05, 0.1) is 19.7 Å². The van der Waals surface area contributed by atoms with E-state index < -0.39 is 40.7 Å². The van der Waals surface area contributed by atoms with Gasteiger partial charge in [0.2, 0.25) is 5.69 Å². The highest BCUT2D eigenvalue weighted by molar-refractivity contribution is 7.91. The van der Waals surface area contributed by atoms with Crippen molar-refractivity contribution in [3.05, 3.63) is 45.1 Å². The zero-order valence-corrected chi connectivity index (χ0v) is 17.0. The van der Waals surface area contributed by atoms with Gasteiger partial charge in [0, 0.05) is 12.6 Å². The van der Waals surface area contributed by atoms with Crippen molar-refractivity contribution in [1.29, 1.82) is 0 Å². The van der Waals surface area contributed by atoms with Gasteiger partial charge >= 0.3 is 0 Å². The molecule has 0 spiro atoms. The van der Waals surface area contributed by atoms with Crippen LogP contribution in [0.1, 0.15) is 0 Å². The average molecular weight is 468 g/mol. The van der Waals surface area contributed by atoms with Crippen LogP contribution in [0.25, 0.3) is 4.85 Å². The Labute approximate surface area is 173 Å². The molecule has 1 aliphatic heterocycles. The highest BCUT2D eigenvalue weighted by Crippen LogP contribution is 2.37. The van der Waals surface area contributed by atoms with E-state index in [9.17, 15) is 23.0 Å². The lowest BCUT2D eigenvalue weighted by Crippen LogP contribution is -2.48. The molecule has 0 saturated carbocycles. The van der Waals surface area contributed by atoms with Gasteiger partial charge in [-0.1, -0.05) is 34.5 Å². The van der Waals surface area contributed by atoms with Gasteiger partial charge in [-0.3, -0.25) is 0 Å². The van der Waals surface area contributed by atoms with Gasteiger partial charge in [-0.25, -0.2) is 22.6 Å². The second-order valence-corrected chi connectivity index (χ2v) is 10.0. The van der Waals surface area contributed by atoms with E-state index in [-0.39, 0.29) is 31.8 Å². The number of benzene rings is 1. The van der Waals surface area contributed by atoms with Gasteiger partial charge in [0.25, 0.3) is 10.0 Å². The molecular weight excluding hydrogens is 456 g/mol. The van der Waals surface area contributed by atoms with E-state index in [0.29, 0.717) is 11.3 Å². The van der Waals surface area contributed by atoms with Crippen LogP contribution in [0.5, 0.6) is 5.75 Å². The van der Waals surface area contributed by atoms with Crippen molar-refractivity contribution in [2.45, 2.75) is 15.9 Å². The first-order chi connectivity index (χ1) is 13.1. The van der Waals surface area contributed by atoms with Crippen LogP contribution in [-0.4, -0.2) is 59.3 Å². The van der Waals surface area contributed by atoms with Crippen LogP contribution in [0.3, 0.4) is 0 Å². The Morgan fingerprint density at radius 1 is 1.50 bits per heavy atom. The fourth-order valence-electron chi connectivity index (χ4n) is 2.66. The Bertz CT molecular complexity index is 1060. The number of sulfonamides is 1. The lowest BCUT2D eigenvalue weighted by molar-refractivity contribution is -0.0641. The van der Waals surface area contributed by atoms with Gasteiger partial charge in [-0.05, 0) is 12.1 Å². The Morgan fingerprint density at radius 2 is 2.21 bits per heavy atom.